The zero-order valence-corrected chi connectivity index (χ0v) is 6.53. The molecule has 11 heavy (non-hydrogen) atoms. The standard InChI is InChI=1S/C7H13NO3/c1-5(9)8-4-6(10)2-3-7(8)11/h6-7,10-11H,2-4H2,1H3/t6-,7?/m0/s1. The lowest BCUT2D eigenvalue weighted by molar-refractivity contribution is -0.146. The van der Waals surface area contributed by atoms with Gasteiger partial charge < -0.3 is 15.1 Å². The van der Waals surface area contributed by atoms with E-state index in [2.05, 4.69) is 0 Å². The number of amides is 1. The molecule has 1 aliphatic rings. The number of aliphatic hydroxyl groups excluding tert-OH is 2. The van der Waals surface area contributed by atoms with Gasteiger partial charge in [-0.3, -0.25) is 4.79 Å². The number of carbonyl (C=O) groups is 1. The van der Waals surface area contributed by atoms with Crippen LogP contribution in [0.1, 0.15) is 19.8 Å². The molecule has 1 amide bonds. The third kappa shape index (κ3) is 1.91. The second-order valence-electron chi connectivity index (χ2n) is 2.88. The first-order chi connectivity index (χ1) is 5.11. The van der Waals surface area contributed by atoms with E-state index in [0.29, 0.717) is 12.8 Å². The summed E-state index contributed by atoms with van der Waals surface area (Å²) in [5, 5.41) is 18.4. The first-order valence-corrected chi connectivity index (χ1v) is 3.74. The maximum Gasteiger partial charge on any atom is 0.221 e. The second-order valence-corrected chi connectivity index (χ2v) is 2.88. The molecule has 0 bridgehead atoms. The molecule has 4 heteroatoms. The third-order valence-corrected chi connectivity index (χ3v) is 1.93. The van der Waals surface area contributed by atoms with Crippen LogP contribution in [0.25, 0.3) is 0 Å². The van der Waals surface area contributed by atoms with Gasteiger partial charge in [-0.15, -0.1) is 0 Å². The van der Waals surface area contributed by atoms with Crippen LogP contribution in [0.4, 0.5) is 0 Å². The van der Waals surface area contributed by atoms with Gasteiger partial charge in [-0.2, -0.15) is 0 Å². The molecule has 2 N–H and O–H groups in total. The van der Waals surface area contributed by atoms with Crippen LogP contribution >= 0.6 is 0 Å². The number of hydrogen-bond acceptors (Lipinski definition) is 3. The first-order valence-electron chi connectivity index (χ1n) is 3.74. The van der Waals surface area contributed by atoms with E-state index in [9.17, 15) is 9.90 Å². The summed E-state index contributed by atoms with van der Waals surface area (Å²) in [5.41, 5.74) is 0. The fourth-order valence-electron chi connectivity index (χ4n) is 1.28. The van der Waals surface area contributed by atoms with E-state index in [1.54, 1.807) is 0 Å². The smallest absolute Gasteiger partial charge is 0.221 e. The fourth-order valence-corrected chi connectivity index (χ4v) is 1.28. The predicted octanol–water partition coefficient (Wildman–Crippen LogP) is -0.692. The van der Waals surface area contributed by atoms with Crippen LogP contribution in [0.15, 0.2) is 0 Å². The van der Waals surface area contributed by atoms with Gasteiger partial charge in [0.1, 0.15) is 6.23 Å². The lowest BCUT2D eigenvalue weighted by atomic mass is 10.1. The first kappa shape index (κ1) is 8.49. The molecule has 1 aliphatic heterocycles. The third-order valence-electron chi connectivity index (χ3n) is 1.93. The number of carbonyl (C=O) groups excluding carboxylic acids is 1. The van der Waals surface area contributed by atoms with Gasteiger partial charge in [0.05, 0.1) is 6.10 Å². The highest BCUT2D eigenvalue weighted by molar-refractivity contribution is 5.73. The fraction of sp³-hybridized carbons (Fsp3) is 0.857. The Morgan fingerprint density at radius 2 is 2.09 bits per heavy atom. The summed E-state index contributed by atoms with van der Waals surface area (Å²) in [5.74, 6) is -0.184. The van der Waals surface area contributed by atoms with Crippen molar-refractivity contribution in [3.05, 3.63) is 0 Å². The van der Waals surface area contributed by atoms with Crippen molar-refractivity contribution in [3.63, 3.8) is 0 Å². The molecule has 4 nitrogen and oxygen atoms in total. The molecule has 64 valence electrons. The van der Waals surface area contributed by atoms with Crippen LogP contribution < -0.4 is 0 Å². The number of rotatable bonds is 0. The van der Waals surface area contributed by atoms with Gasteiger partial charge in [0, 0.05) is 13.5 Å². The quantitative estimate of drug-likeness (QED) is 0.491. The Morgan fingerprint density at radius 3 is 2.55 bits per heavy atom. The van der Waals surface area contributed by atoms with Crippen molar-refractivity contribution < 1.29 is 15.0 Å². The molecule has 0 saturated carbocycles. The van der Waals surface area contributed by atoms with Gasteiger partial charge in [-0.25, -0.2) is 0 Å². The molecule has 1 fully saturated rings. The number of nitrogens with zero attached hydrogens (tertiary/aromatic N) is 1. The molecule has 1 heterocycles. The lowest BCUT2D eigenvalue weighted by Crippen LogP contribution is -2.47. The average Bonchev–Trinajstić information content (AvgIpc) is 1.94. The van der Waals surface area contributed by atoms with Crippen LogP contribution in [0, 0.1) is 0 Å². The van der Waals surface area contributed by atoms with Crippen molar-refractivity contribution in [1.82, 2.24) is 4.90 Å². The Balaban J connectivity index is 2.54. The molecule has 1 unspecified atom stereocenters. The number of likely N-dealkylation sites (tertiary alicyclic amines) is 1. The SMILES string of the molecule is CC(=O)N1C[C@@H](O)CCC1O. The zero-order chi connectivity index (χ0) is 8.43. The summed E-state index contributed by atoms with van der Waals surface area (Å²) in [6.07, 6.45) is -0.121. The van der Waals surface area contributed by atoms with Gasteiger partial charge in [0.25, 0.3) is 0 Å². The second kappa shape index (κ2) is 3.19. The van der Waals surface area contributed by atoms with Gasteiger partial charge in [0.2, 0.25) is 5.91 Å². The monoisotopic (exact) mass is 159 g/mol. The normalized spacial score (nSPS) is 32.1. The highest BCUT2D eigenvalue weighted by atomic mass is 16.3. The summed E-state index contributed by atoms with van der Waals surface area (Å²) < 4.78 is 0. The summed E-state index contributed by atoms with van der Waals surface area (Å²) in [7, 11) is 0. The summed E-state index contributed by atoms with van der Waals surface area (Å²) in [6.45, 7) is 1.65. The molecule has 1 rings (SSSR count). The molecule has 0 aromatic carbocycles. The minimum Gasteiger partial charge on any atom is -0.391 e. The van der Waals surface area contributed by atoms with E-state index in [-0.39, 0.29) is 12.5 Å². The summed E-state index contributed by atoms with van der Waals surface area (Å²) >= 11 is 0. The van der Waals surface area contributed by atoms with E-state index in [1.807, 2.05) is 0 Å². The van der Waals surface area contributed by atoms with Crippen LogP contribution in [0.5, 0.6) is 0 Å². The van der Waals surface area contributed by atoms with Crippen molar-refractivity contribution in [2.45, 2.75) is 32.1 Å². The zero-order valence-electron chi connectivity index (χ0n) is 6.53. The van der Waals surface area contributed by atoms with Crippen molar-refractivity contribution in [2.24, 2.45) is 0 Å². The maximum atomic E-state index is 10.8. The van der Waals surface area contributed by atoms with E-state index in [0.717, 1.165) is 0 Å². The minimum atomic E-state index is -0.698. The molecule has 2 atom stereocenters. The van der Waals surface area contributed by atoms with E-state index < -0.39 is 12.3 Å². The van der Waals surface area contributed by atoms with E-state index >= 15 is 0 Å². The molecule has 0 aliphatic carbocycles. The van der Waals surface area contributed by atoms with Crippen LogP contribution in [-0.2, 0) is 4.79 Å². The average molecular weight is 159 g/mol. The number of β-amino-alcohol motifs (C(OH)–C–C–N with tert-alkyl or cyclic N) is 1. The van der Waals surface area contributed by atoms with Gasteiger partial charge in [-0.1, -0.05) is 0 Å². The topological polar surface area (TPSA) is 60.8 Å². The highest BCUT2D eigenvalue weighted by Gasteiger charge is 2.26. The summed E-state index contributed by atoms with van der Waals surface area (Å²) in [4.78, 5) is 12.1. The van der Waals surface area contributed by atoms with Crippen molar-refractivity contribution in [1.29, 1.82) is 0 Å². The molecule has 1 saturated heterocycles. The van der Waals surface area contributed by atoms with Crippen molar-refractivity contribution >= 4 is 5.91 Å². The van der Waals surface area contributed by atoms with Gasteiger partial charge in [-0.05, 0) is 12.8 Å². The Labute approximate surface area is 65.4 Å². The number of aliphatic hydroxyl groups is 2. The van der Waals surface area contributed by atoms with Crippen LogP contribution in [0.3, 0.4) is 0 Å². The van der Waals surface area contributed by atoms with Gasteiger partial charge >= 0.3 is 0 Å². The Hall–Kier alpha value is -0.610. The molecule has 0 radical (unpaired) electrons. The van der Waals surface area contributed by atoms with Crippen LogP contribution in [0.2, 0.25) is 0 Å². The van der Waals surface area contributed by atoms with Crippen molar-refractivity contribution in [2.75, 3.05) is 6.54 Å². The van der Waals surface area contributed by atoms with E-state index in [1.165, 1.54) is 11.8 Å². The maximum absolute atomic E-state index is 10.8. The van der Waals surface area contributed by atoms with E-state index in [4.69, 9.17) is 5.11 Å². The Bertz CT molecular complexity index is 160. The molecule has 0 spiro atoms. The Morgan fingerprint density at radius 1 is 1.45 bits per heavy atom. The lowest BCUT2D eigenvalue weighted by Gasteiger charge is -2.33. The number of piperidine rings is 1. The molecule has 0 aromatic heterocycles. The summed E-state index contributed by atoms with van der Waals surface area (Å²) in [6, 6.07) is 0. The minimum absolute atomic E-state index is 0.184. The predicted molar refractivity (Wildman–Crippen MR) is 38.6 cm³/mol. The number of hydrogen-bond donors (Lipinski definition) is 2. The van der Waals surface area contributed by atoms with Crippen LogP contribution in [-0.4, -0.2) is 39.9 Å². The Kier molecular flexibility index (Phi) is 2.46. The van der Waals surface area contributed by atoms with Crippen molar-refractivity contribution in [3.8, 4) is 0 Å². The molecular weight excluding hydrogens is 146 g/mol. The largest absolute Gasteiger partial charge is 0.391 e. The van der Waals surface area contributed by atoms with Gasteiger partial charge in [0.15, 0.2) is 0 Å². The molecular formula is C7H13NO3. The highest BCUT2D eigenvalue weighted by Crippen LogP contribution is 2.14. The molecule has 0 aromatic rings.